The second kappa shape index (κ2) is 14.8. The van der Waals surface area contributed by atoms with Gasteiger partial charge in [0.2, 0.25) is 21.7 Å². The van der Waals surface area contributed by atoms with Gasteiger partial charge in [0.1, 0.15) is 0 Å². The number of halogens is 6. The summed E-state index contributed by atoms with van der Waals surface area (Å²) in [5.74, 6) is -14.3. The summed E-state index contributed by atoms with van der Waals surface area (Å²) in [4.78, 5) is 25.5. The van der Waals surface area contributed by atoms with Crippen molar-refractivity contribution in [3.05, 3.63) is 129 Å². The lowest BCUT2D eigenvalue weighted by Crippen LogP contribution is -2.43. The maximum absolute atomic E-state index is 15.1. The number of carboxylic acids is 1. The molecule has 0 aliphatic heterocycles. The quantitative estimate of drug-likeness (QED) is 0.0881. The van der Waals surface area contributed by atoms with Gasteiger partial charge in [-0.3, -0.25) is 9.59 Å². The average molecular weight is 777 g/mol. The molecule has 1 aliphatic carbocycles. The van der Waals surface area contributed by atoms with Crippen LogP contribution in [0.3, 0.4) is 0 Å². The summed E-state index contributed by atoms with van der Waals surface area (Å²) in [5.41, 5.74) is 1.99. The SMILES string of the molecule is CC(C)(C)c1cc(CN(C(=O)CN(Cc2ccc(Cl)cc2)S(=O)(=O)c2c(F)c(F)c(F)c(F)c2F)c2ccc(C(C)(C)C(=O)O)cc2)cc(C2CC2)c1. The molecule has 1 aliphatic rings. The predicted molar refractivity (Wildman–Crippen MR) is 191 cm³/mol. The van der Waals surface area contributed by atoms with Crippen LogP contribution in [0.5, 0.6) is 0 Å². The van der Waals surface area contributed by atoms with Crippen LogP contribution in [0.15, 0.2) is 71.6 Å². The number of benzene rings is 4. The molecule has 0 spiro atoms. The number of hydrogen-bond donors (Lipinski definition) is 1. The third-order valence-electron chi connectivity index (χ3n) is 9.36. The highest BCUT2D eigenvalue weighted by Crippen LogP contribution is 2.42. The van der Waals surface area contributed by atoms with Crippen molar-refractivity contribution < 1.29 is 45.1 Å². The van der Waals surface area contributed by atoms with Crippen molar-refractivity contribution in [3.8, 4) is 0 Å². The molecular formula is C39H38ClF5N2O5S. The zero-order valence-electron chi connectivity index (χ0n) is 29.6. The van der Waals surface area contributed by atoms with Crippen LogP contribution in [-0.2, 0) is 43.5 Å². The second-order valence-electron chi connectivity index (χ2n) is 14.7. The Kier molecular flexibility index (Phi) is 11.2. The smallest absolute Gasteiger partial charge is 0.313 e. The first kappa shape index (κ1) is 39.9. The fourth-order valence-electron chi connectivity index (χ4n) is 5.78. The van der Waals surface area contributed by atoms with Crippen molar-refractivity contribution in [2.45, 2.75) is 82.2 Å². The van der Waals surface area contributed by atoms with E-state index >= 15 is 8.78 Å². The first-order valence-electron chi connectivity index (χ1n) is 16.7. The third-order valence-corrected chi connectivity index (χ3v) is 11.4. The Labute approximate surface area is 310 Å². The number of rotatable bonds is 12. The van der Waals surface area contributed by atoms with Gasteiger partial charge in [0, 0.05) is 17.3 Å². The highest BCUT2D eigenvalue weighted by atomic mass is 35.5. The third kappa shape index (κ3) is 8.42. The maximum atomic E-state index is 15.1. The molecule has 0 saturated heterocycles. The van der Waals surface area contributed by atoms with E-state index in [0.29, 0.717) is 21.4 Å². The molecule has 0 atom stereocenters. The zero-order chi connectivity index (χ0) is 39.2. The number of carbonyl (C=O) groups is 2. The zero-order valence-corrected chi connectivity index (χ0v) is 31.2. The van der Waals surface area contributed by atoms with E-state index in [1.165, 1.54) is 67.3 Å². The summed E-state index contributed by atoms with van der Waals surface area (Å²) in [5, 5.41) is 10.0. The molecule has 1 saturated carbocycles. The fourth-order valence-corrected chi connectivity index (χ4v) is 7.39. The van der Waals surface area contributed by atoms with E-state index in [0.717, 1.165) is 24.0 Å². The monoisotopic (exact) mass is 776 g/mol. The van der Waals surface area contributed by atoms with E-state index < -0.39 is 74.4 Å². The lowest BCUT2D eigenvalue weighted by molar-refractivity contribution is -0.142. The Hall–Kier alpha value is -4.33. The van der Waals surface area contributed by atoms with Crippen LogP contribution in [-0.4, -0.2) is 36.3 Å². The summed E-state index contributed by atoms with van der Waals surface area (Å²) in [7, 11) is -5.60. The Balaban J connectivity index is 1.63. The number of nitrogens with zero attached hydrogens (tertiary/aromatic N) is 2. The van der Waals surface area contributed by atoms with Crippen LogP contribution in [0.25, 0.3) is 0 Å². The lowest BCUT2D eigenvalue weighted by Gasteiger charge is -2.29. The van der Waals surface area contributed by atoms with Crippen LogP contribution < -0.4 is 4.90 Å². The molecular weight excluding hydrogens is 739 g/mol. The fraction of sp³-hybridized carbons (Fsp3) is 0.333. The van der Waals surface area contributed by atoms with Gasteiger partial charge in [-0.25, -0.2) is 30.4 Å². The van der Waals surface area contributed by atoms with Crippen LogP contribution in [0, 0.1) is 29.1 Å². The van der Waals surface area contributed by atoms with E-state index in [-0.39, 0.29) is 28.2 Å². The van der Waals surface area contributed by atoms with Crippen molar-refractivity contribution in [1.29, 1.82) is 0 Å². The van der Waals surface area contributed by atoms with Gasteiger partial charge in [-0.2, -0.15) is 4.31 Å². The molecule has 7 nitrogen and oxygen atoms in total. The average Bonchev–Trinajstić information content (AvgIpc) is 3.95. The minimum Gasteiger partial charge on any atom is -0.481 e. The van der Waals surface area contributed by atoms with Crippen LogP contribution in [0.4, 0.5) is 27.6 Å². The number of anilines is 1. The number of sulfonamides is 1. The van der Waals surface area contributed by atoms with Crippen molar-refractivity contribution in [3.63, 3.8) is 0 Å². The van der Waals surface area contributed by atoms with Gasteiger partial charge >= 0.3 is 5.97 Å². The molecule has 1 N–H and O–H groups in total. The summed E-state index contributed by atoms with van der Waals surface area (Å²) in [6, 6.07) is 17.6. The second-order valence-corrected chi connectivity index (χ2v) is 17.1. The van der Waals surface area contributed by atoms with Gasteiger partial charge in [0.15, 0.2) is 28.2 Å². The van der Waals surface area contributed by atoms with Crippen molar-refractivity contribution in [2.75, 3.05) is 11.4 Å². The Bertz CT molecular complexity index is 2140. The Morgan fingerprint density at radius 1 is 0.755 bits per heavy atom. The van der Waals surface area contributed by atoms with Gasteiger partial charge in [-0.15, -0.1) is 0 Å². The first-order chi connectivity index (χ1) is 24.6. The molecule has 53 heavy (non-hydrogen) atoms. The summed E-state index contributed by atoms with van der Waals surface area (Å²) in [6.45, 7) is 7.19. The standard InChI is InChI=1S/C39H38ClF5N2O5S/c1-38(2,3)27-17-23(16-25(18-27)24-8-9-24)20-47(29-14-10-26(11-15-29)39(4,5)37(49)50)30(48)21-46(19-22-6-12-28(40)13-7-22)53(51,52)36-34(44)32(42)31(41)33(43)35(36)45/h6-7,10-18,24H,8-9,19-21H2,1-5H3,(H,49,50). The van der Waals surface area contributed by atoms with Crippen LogP contribution in [0.2, 0.25) is 5.02 Å². The normalized spacial score (nSPS) is 13.7. The maximum Gasteiger partial charge on any atom is 0.313 e. The van der Waals surface area contributed by atoms with Crippen molar-refractivity contribution in [2.24, 2.45) is 0 Å². The Morgan fingerprint density at radius 3 is 1.81 bits per heavy atom. The van der Waals surface area contributed by atoms with E-state index in [2.05, 4.69) is 6.07 Å². The van der Waals surface area contributed by atoms with Gasteiger partial charge in [-0.05, 0) is 90.1 Å². The van der Waals surface area contributed by atoms with Gasteiger partial charge in [0.25, 0.3) is 0 Å². The van der Waals surface area contributed by atoms with E-state index in [1.54, 1.807) is 0 Å². The molecule has 14 heteroatoms. The molecule has 5 rings (SSSR count). The van der Waals surface area contributed by atoms with Gasteiger partial charge in [-0.1, -0.05) is 74.8 Å². The van der Waals surface area contributed by atoms with Gasteiger partial charge in [0.05, 0.1) is 18.5 Å². The molecule has 0 heterocycles. The molecule has 0 aromatic heterocycles. The van der Waals surface area contributed by atoms with Gasteiger partial charge < -0.3 is 10.0 Å². The molecule has 0 unspecified atom stereocenters. The molecule has 1 fully saturated rings. The van der Waals surface area contributed by atoms with Crippen LogP contribution >= 0.6 is 11.6 Å². The molecule has 0 radical (unpaired) electrons. The number of aliphatic carboxylic acids is 1. The summed E-state index contributed by atoms with van der Waals surface area (Å²) >= 11 is 5.98. The summed E-state index contributed by atoms with van der Waals surface area (Å²) < 4.78 is 101. The van der Waals surface area contributed by atoms with Crippen LogP contribution in [0.1, 0.15) is 81.2 Å². The summed E-state index contributed by atoms with van der Waals surface area (Å²) in [6.07, 6.45) is 1.98. The molecule has 0 bridgehead atoms. The molecule has 282 valence electrons. The van der Waals surface area contributed by atoms with E-state index in [4.69, 9.17) is 11.6 Å². The molecule has 1 amide bonds. The highest BCUT2D eigenvalue weighted by Gasteiger charge is 2.39. The topological polar surface area (TPSA) is 95.0 Å². The number of carboxylic acid groups (broad SMARTS) is 1. The van der Waals surface area contributed by atoms with E-state index in [1.807, 2.05) is 32.9 Å². The minimum atomic E-state index is -5.60. The van der Waals surface area contributed by atoms with Crippen molar-refractivity contribution in [1.82, 2.24) is 4.31 Å². The molecule has 4 aromatic rings. The lowest BCUT2D eigenvalue weighted by atomic mass is 9.84. The van der Waals surface area contributed by atoms with E-state index in [9.17, 15) is 36.3 Å². The highest BCUT2D eigenvalue weighted by molar-refractivity contribution is 7.89. The number of hydrogen-bond acceptors (Lipinski definition) is 4. The van der Waals surface area contributed by atoms with Crippen molar-refractivity contribution >= 4 is 39.2 Å². The number of amides is 1. The predicted octanol–water partition coefficient (Wildman–Crippen LogP) is 9.00. The first-order valence-corrected chi connectivity index (χ1v) is 18.5. The molecule has 4 aromatic carbocycles. The minimum absolute atomic E-state index is 0.110. The number of carbonyl (C=O) groups excluding carboxylic acids is 1. The largest absolute Gasteiger partial charge is 0.481 e. The Morgan fingerprint density at radius 2 is 1.30 bits per heavy atom.